The topological polar surface area (TPSA) is 104 Å². The Morgan fingerprint density at radius 1 is 1.27 bits per heavy atom. The van der Waals surface area contributed by atoms with E-state index in [4.69, 9.17) is 21.1 Å². The molecule has 0 bridgehead atoms. The van der Waals surface area contributed by atoms with Crippen LogP contribution in [0.2, 0.25) is 5.02 Å². The summed E-state index contributed by atoms with van der Waals surface area (Å²) in [4.78, 5) is 25.9. The molecule has 9 nitrogen and oxygen atoms in total. The third-order valence-electron chi connectivity index (χ3n) is 5.16. The minimum atomic E-state index is -2.66. The molecule has 0 radical (unpaired) electrons. The van der Waals surface area contributed by atoms with Gasteiger partial charge in [-0.3, -0.25) is 0 Å². The van der Waals surface area contributed by atoms with Gasteiger partial charge in [-0.2, -0.15) is 0 Å². The number of aromatic amines is 1. The van der Waals surface area contributed by atoms with Crippen molar-refractivity contribution in [1.29, 1.82) is 0 Å². The molecule has 0 saturated carbocycles. The van der Waals surface area contributed by atoms with Gasteiger partial charge < -0.3 is 30.0 Å². The van der Waals surface area contributed by atoms with E-state index in [1.165, 1.54) is 12.3 Å². The summed E-state index contributed by atoms with van der Waals surface area (Å²) in [6.07, 6.45) is 2.57. The quantitative estimate of drug-likeness (QED) is 0.430. The molecular formula is C21H23ClF2N6O3. The standard InChI is InChI=1S/C21H23ClF2N6O3/c1-32-8-9-33-17-3-2-15-18(29-17)16(12-25-15)28-20(31)27-13-10-14(22)19(26-11-13)30-6-4-21(23,24)5-7-30/h2-3,10-12,25H,4-9H2,1H3,(H2,27,28,31). The van der Waals surface area contributed by atoms with Crippen LogP contribution in [-0.2, 0) is 4.74 Å². The molecule has 4 rings (SSSR count). The van der Waals surface area contributed by atoms with Gasteiger partial charge in [-0.15, -0.1) is 0 Å². The van der Waals surface area contributed by atoms with Crippen LogP contribution in [0.3, 0.4) is 0 Å². The van der Waals surface area contributed by atoms with Crippen LogP contribution in [0, 0.1) is 0 Å². The van der Waals surface area contributed by atoms with E-state index in [-0.39, 0.29) is 31.0 Å². The number of anilines is 3. The molecule has 12 heteroatoms. The van der Waals surface area contributed by atoms with Crippen molar-refractivity contribution in [2.45, 2.75) is 18.8 Å². The molecule has 1 saturated heterocycles. The summed E-state index contributed by atoms with van der Waals surface area (Å²) in [5.41, 5.74) is 2.09. The molecule has 1 aliphatic heterocycles. The van der Waals surface area contributed by atoms with E-state index in [1.54, 1.807) is 30.3 Å². The Bertz CT molecular complexity index is 1130. The van der Waals surface area contributed by atoms with E-state index < -0.39 is 12.0 Å². The fourth-order valence-corrected chi connectivity index (χ4v) is 3.73. The van der Waals surface area contributed by atoms with Crippen LogP contribution < -0.4 is 20.3 Å². The monoisotopic (exact) mass is 480 g/mol. The molecular weight excluding hydrogens is 458 g/mol. The van der Waals surface area contributed by atoms with Crippen molar-refractivity contribution in [2.75, 3.05) is 48.9 Å². The number of piperidine rings is 1. The lowest BCUT2D eigenvalue weighted by molar-refractivity contribution is -0.0221. The van der Waals surface area contributed by atoms with E-state index in [2.05, 4.69) is 25.6 Å². The highest BCUT2D eigenvalue weighted by atomic mass is 35.5. The largest absolute Gasteiger partial charge is 0.475 e. The van der Waals surface area contributed by atoms with Gasteiger partial charge >= 0.3 is 6.03 Å². The Morgan fingerprint density at radius 3 is 2.79 bits per heavy atom. The van der Waals surface area contributed by atoms with Gasteiger partial charge in [0.2, 0.25) is 5.88 Å². The summed E-state index contributed by atoms with van der Waals surface area (Å²) >= 11 is 6.31. The number of alkyl halides is 2. The number of aromatic nitrogens is 3. The third-order valence-corrected chi connectivity index (χ3v) is 5.43. The van der Waals surface area contributed by atoms with Gasteiger partial charge in [0, 0.05) is 45.3 Å². The Hall–Kier alpha value is -3.18. The third kappa shape index (κ3) is 5.60. The van der Waals surface area contributed by atoms with E-state index >= 15 is 0 Å². The zero-order chi connectivity index (χ0) is 23.4. The van der Waals surface area contributed by atoms with E-state index in [1.807, 2.05) is 0 Å². The molecule has 0 aliphatic carbocycles. The maximum absolute atomic E-state index is 13.4. The Kier molecular flexibility index (Phi) is 6.80. The van der Waals surface area contributed by atoms with Crippen molar-refractivity contribution >= 4 is 45.9 Å². The van der Waals surface area contributed by atoms with Crippen molar-refractivity contribution in [3.63, 3.8) is 0 Å². The Labute approximate surface area is 193 Å². The number of carbonyl (C=O) groups excluding carboxylic acids is 1. The van der Waals surface area contributed by atoms with Crippen molar-refractivity contribution in [2.24, 2.45) is 0 Å². The molecule has 0 aromatic carbocycles. The number of rotatable bonds is 7. The minimum absolute atomic E-state index is 0.164. The zero-order valence-electron chi connectivity index (χ0n) is 17.8. The number of hydrogen-bond donors (Lipinski definition) is 3. The number of methoxy groups -OCH3 is 1. The highest BCUT2D eigenvalue weighted by Gasteiger charge is 2.34. The number of pyridine rings is 2. The van der Waals surface area contributed by atoms with Gasteiger partial charge in [-0.05, 0) is 12.1 Å². The number of nitrogens with zero attached hydrogens (tertiary/aromatic N) is 3. The number of halogens is 3. The predicted octanol–water partition coefficient (Wildman–Crippen LogP) is 4.52. The predicted molar refractivity (Wildman–Crippen MR) is 122 cm³/mol. The van der Waals surface area contributed by atoms with Crippen LogP contribution in [-0.4, -0.2) is 60.3 Å². The van der Waals surface area contributed by atoms with Crippen LogP contribution in [0.25, 0.3) is 11.0 Å². The van der Waals surface area contributed by atoms with Crippen molar-refractivity contribution in [1.82, 2.24) is 15.0 Å². The highest BCUT2D eigenvalue weighted by Crippen LogP contribution is 2.33. The van der Waals surface area contributed by atoms with Crippen LogP contribution in [0.4, 0.5) is 30.8 Å². The summed E-state index contributed by atoms with van der Waals surface area (Å²) in [5.74, 6) is -1.83. The number of nitrogens with one attached hydrogen (secondary N) is 3. The maximum Gasteiger partial charge on any atom is 0.323 e. The molecule has 1 aliphatic rings. The van der Waals surface area contributed by atoms with Crippen molar-refractivity contribution in [3.8, 4) is 5.88 Å². The van der Waals surface area contributed by atoms with Crippen LogP contribution in [0.5, 0.6) is 5.88 Å². The SMILES string of the molecule is COCCOc1ccc2[nH]cc(NC(=O)Nc3cnc(N4CCC(F)(F)CC4)c(Cl)c3)c2n1. The number of H-pyrrole nitrogens is 1. The molecule has 0 spiro atoms. The van der Waals surface area contributed by atoms with E-state index in [0.717, 1.165) is 5.52 Å². The summed E-state index contributed by atoms with van der Waals surface area (Å²) in [7, 11) is 1.58. The van der Waals surface area contributed by atoms with Gasteiger partial charge in [0.1, 0.15) is 17.9 Å². The second-order valence-electron chi connectivity index (χ2n) is 7.54. The molecule has 4 heterocycles. The number of ether oxygens (including phenoxy) is 2. The molecule has 0 atom stereocenters. The van der Waals surface area contributed by atoms with E-state index in [0.29, 0.717) is 41.8 Å². The molecule has 3 aromatic heterocycles. The van der Waals surface area contributed by atoms with Gasteiger partial charge in [0.25, 0.3) is 5.92 Å². The summed E-state index contributed by atoms with van der Waals surface area (Å²) in [5, 5.41) is 5.65. The first-order valence-electron chi connectivity index (χ1n) is 10.3. The second-order valence-corrected chi connectivity index (χ2v) is 7.95. The fourth-order valence-electron chi connectivity index (χ4n) is 3.45. The second kappa shape index (κ2) is 9.75. The van der Waals surface area contributed by atoms with Crippen molar-refractivity contribution < 1.29 is 23.0 Å². The zero-order valence-corrected chi connectivity index (χ0v) is 18.6. The first-order chi connectivity index (χ1) is 15.8. The highest BCUT2D eigenvalue weighted by molar-refractivity contribution is 6.33. The molecule has 0 unspecified atom stereocenters. The molecule has 2 amide bonds. The minimum Gasteiger partial charge on any atom is -0.475 e. The first-order valence-corrected chi connectivity index (χ1v) is 10.7. The lowest BCUT2D eigenvalue weighted by atomic mass is 10.1. The van der Waals surface area contributed by atoms with Crippen molar-refractivity contribution in [3.05, 3.63) is 35.6 Å². The summed E-state index contributed by atoms with van der Waals surface area (Å²) < 4.78 is 37.3. The Morgan fingerprint density at radius 2 is 2.06 bits per heavy atom. The lowest BCUT2D eigenvalue weighted by Gasteiger charge is -2.33. The number of urea groups is 1. The first kappa shape index (κ1) is 23.0. The molecule has 176 valence electrons. The number of amides is 2. The molecule has 3 aromatic rings. The maximum atomic E-state index is 13.4. The van der Waals surface area contributed by atoms with Gasteiger partial charge in [0.05, 0.1) is 34.7 Å². The van der Waals surface area contributed by atoms with Gasteiger partial charge in [0.15, 0.2) is 0 Å². The summed E-state index contributed by atoms with van der Waals surface area (Å²) in [6.45, 7) is 1.11. The van der Waals surface area contributed by atoms with Gasteiger partial charge in [-0.1, -0.05) is 11.6 Å². The normalized spacial score (nSPS) is 15.5. The molecule has 33 heavy (non-hydrogen) atoms. The number of hydrogen-bond acceptors (Lipinski definition) is 6. The smallest absolute Gasteiger partial charge is 0.323 e. The average molecular weight is 481 g/mol. The lowest BCUT2D eigenvalue weighted by Crippen LogP contribution is -2.39. The fraction of sp³-hybridized carbons (Fsp3) is 0.381. The number of carbonyl (C=O) groups is 1. The number of fused-ring (bicyclic) bond motifs is 1. The summed E-state index contributed by atoms with van der Waals surface area (Å²) in [6, 6.07) is 4.53. The molecule has 1 fully saturated rings. The van der Waals surface area contributed by atoms with E-state index in [9.17, 15) is 13.6 Å². The van der Waals surface area contributed by atoms with Crippen LogP contribution in [0.1, 0.15) is 12.8 Å². The molecule has 3 N–H and O–H groups in total. The Balaban J connectivity index is 1.40. The van der Waals surface area contributed by atoms with Gasteiger partial charge in [-0.25, -0.2) is 23.5 Å². The van der Waals surface area contributed by atoms with Crippen LogP contribution >= 0.6 is 11.6 Å². The van der Waals surface area contributed by atoms with Crippen LogP contribution in [0.15, 0.2) is 30.6 Å². The average Bonchev–Trinajstić information content (AvgIpc) is 3.16.